The number of nitriles is 3. The highest BCUT2D eigenvalue weighted by molar-refractivity contribution is 5.32. The van der Waals surface area contributed by atoms with Gasteiger partial charge in [-0.15, -0.1) is 0 Å². The molecule has 0 aliphatic carbocycles. The normalized spacial score (nSPS) is 8.38. The van der Waals surface area contributed by atoms with Crippen LogP contribution >= 0.6 is 0 Å². The third kappa shape index (κ3) is 1.83. The smallest absolute Gasteiger partial charge is 0.128 e. The van der Waals surface area contributed by atoms with Gasteiger partial charge in [0.15, 0.2) is 0 Å². The van der Waals surface area contributed by atoms with Crippen LogP contribution in [0, 0.1) is 34.0 Å². The summed E-state index contributed by atoms with van der Waals surface area (Å²) in [5.41, 5.74) is 0.789. The summed E-state index contributed by atoms with van der Waals surface area (Å²) in [6, 6.07) is 5.72. The van der Waals surface area contributed by atoms with Crippen molar-refractivity contribution in [3.63, 3.8) is 0 Å². The molecule has 0 bridgehead atoms. The highest BCUT2D eigenvalue weighted by atomic mass is 15.3. The van der Waals surface area contributed by atoms with E-state index >= 15 is 0 Å². The molecule has 5 nitrogen and oxygen atoms in total. The maximum absolute atomic E-state index is 8.63. The van der Waals surface area contributed by atoms with Crippen LogP contribution in [0.15, 0.2) is 6.20 Å². The second kappa shape index (κ2) is 3.90. The summed E-state index contributed by atoms with van der Waals surface area (Å²) < 4.78 is 1.35. The Hall–Kier alpha value is -2.32. The first-order chi connectivity index (χ1) is 6.31. The number of hydrogen-bond acceptors (Lipinski definition) is 4. The molecule has 0 aromatic carbocycles. The third-order valence-corrected chi connectivity index (χ3v) is 1.44. The Morgan fingerprint density at radius 3 is 2.62 bits per heavy atom. The number of aromatic nitrogens is 2. The van der Waals surface area contributed by atoms with Crippen molar-refractivity contribution < 1.29 is 0 Å². The van der Waals surface area contributed by atoms with Crippen LogP contribution in [-0.4, -0.2) is 9.78 Å². The fraction of sp³-hybridized carbons (Fsp3) is 0.250. The first kappa shape index (κ1) is 8.77. The van der Waals surface area contributed by atoms with Gasteiger partial charge in [0.05, 0.1) is 29.8 Å². The van der Waals surface area contributed by atoms with Crippen LogP contribution in [0.25, 0.3) is 0 Å². The van der Waals surface area contributed by atoms with Crippen molar-refractivity contribution in [1.29, 1.82) is 15.8 Å². The van der Waals surface area contributed by atoms with Crippen LogP contribution in [-0.2, 0) is 13.0 Å². The molecule has 13 heavy (non-hydrogen) atoms. The minimum absolute atomic E-state index is 0.0973. The third-order valence-electron chi connectivity index (χ3n) is 1.44. The van der Waals surface area contributed by atoms with Gasteiger partial charge < -0.3 is 0 Å². The molecule has 1 rings (SSSR count). The van der Waals surface area contributed by atoms with E-state index in [4.69, 9.17) is 15.8 Å². The lowest BCUT2D eigenvalue weighted by Gasteiger charge is -1.87. The molecule has 0 spiro atoms. The first-order valence-corrected chi connectivity index (χ1v) is 3.52. The summed E-state index contributed by atoms with van der Waals surface area (Å²) in [6.45, 7) is 0.0973. The first-order valence-electron chi connectivity index (χ1n) is 3.52. The van der Waals surface area contributed by atoms with Crippen molar-refractivity contribution in [2.24, 2.45) is 0 Å². The molecule has 0 fully saturated rings. The zero-order valence-corrected chi connectivity index (χ0v) is 6.73. The van der Waals surface area contributed by atoms with Gasteiger partial charge in [0.1, 0.15) is 12.6 Å². The fourth-order valence-corrected chi connectivity index (χ4v) is 0.914. The average molecular weight is 171 g/mol. The van der Waals surface area contributed by atoms with E-state index in [1.54, 1.807) is 0 Å². The van der Waals surface area contributed by atoms with Crippen LogP contribution in [0.2, 0.25) is 0 Å². The minimum Gasteiger partial charge on any atom is -0.257 e. The topological polar surface area (TPSA) is 89.2 Å². The van der Waals surface area contributed by atoms with Gasteiger partial charge >= 0.3 is 0 Å². The van der Waals surface area contributed by atoms with E-state index in [0.717, 1.165) is 0 Å². The Balaban J connectivity index is 3.02. The van der Waals surface area contributed by atoms with E-state index in [2.05, 4.69) is 5.10 Å². The van der Waals surface area contributed by atoms with Crippen molar-refractivity contribution in [2.75, 3.05) is 0 Å². The van der Waals surface area contributed by atoms with Gasteiger partial charge in [-0.2, -0.15) is 20.9 Å². The Bertz CT molecular complexity index is 423. The molecule has 0 radical (unpaired) electrons. The fourth-order valence-electron chi connectivity index (χ4n) is 0.914. The number of hydrogen-bond donors (Lipinski definition) is 0. The highest BCUT2D eigenvalue weighted by Gasteiger charge is 2.06. The summed E-state index contributed by atoms with van der Waals surface area (Å²) in [4.78, 5) is 0. The molecule has 0 saturated heterocycles. The molecule has 1 aromatic rings. The van der Waals surface area contributed by atoms with Crippen molar-refractivity contribution >= 4 is 0 Å². The van der Waals surface area contributed by atoms with Crippen LogP contribution in [0.1, 0.15) is 11.3 Å². The molecular weight excluding hydrogens is 166 g/mol. The second-order valence-corrected chi connectivity index (χ2v) is 2.29. The summed E-state index contributed by atoms with van der Waals surface area (Å²) in [6.07, 6.45) is 1.57. The summed E-state index contributed by atoms with van der Waals surface area (Å²) >= 11 is 0. The monoisotopic (exact) mass is 171 g/mol. The zero-order chi connectivity index (χ0) is 9.68. The second-order valence-electron chi connectivity index (χ2n) is 2.29. The lowest BCUT2D eigenvalue weighted by molar-refractivity contribution is 0.698. The van der Waals surface area contributed by atoms with E-state index in [-0.39, 0.29) is 13.0 Å². The van der Waals surface area contributed by atoms with Crippen molar-refractivity contribution in [3.05, 3.63) is 17.5 Å². The molecule has 0 unspecified atom stereocenters. The predicted molar refractivity (Wildman–Crippen MR) is 41.9 cm³/mol. The largest absolute Gasteiger partial charge is 0.257 e. The van der Waals surface area contributed by atoms with Gasteiger partial charge in [-0.05, 0) is 0 Å². The summed E-state index contributed by atoms with van der Waals surface area (Å²) in [7, 11) is 0. The minimum atomic E-state index is 0.0973. The maximum atomic E-state index is 8.63. The Labute approximate surface area is 75.0 Å². The molecule has 62 valence electrons. The molecule has 0 saturated carbocycles. The van der Waals surface area contributed by atoms with Gasteiger partial charge in [-0.1, -0.05) is 0 Å². The highest BCUT2D eigenvalue weighted by Crippen LogP contribution is 2.05. The number of rotatable bonds is 2. The molecule has 0 aliphatic heterocycles. The van der Waals surface area contributed by atoms with Gasteiger partial charge in [0, 0.05) is 6.20 Å². The van der Waals surface area contributed by atoms with E-state index < -0.39 is 0 Å². The summed E-state index contributed by atoms with van der Waals surface area (Å²) in [5, 5.41) is 29.3. The Morgan fingerprint density at radius 2 is 2.08 bits per heavy atom. The van der Waals surface area contributed by atoms with Crippen molar-refractivity contribution in [2.45, 2.75) is 13.0 Å². The molecular formula is C8H5N5. The van der Waals surface area contributed by atoms with Crippen molar-refractivity contribution in [1.82, 2.24) is 9.78 Å². The Morgan fingerprint density at radius 1 is 1.31 bits per heavy atom. The molecule has 1 aromatic heterocycles. The predicted octanol–water partition coefficient (Wildman–Crippen LogP) is 0.344. The van der Waals surface area contributed by atoms with Crippen LogP contribution in [0.5, 0.6) is 0 Å². The summed E-state index contributed by atoms with van der Waals surface area (Å²) in [5.74, 6) is 0. The maximum Gasteiger partial charge on any atom is 0.128 e. The molecule has 0 N–H and O–H groups in total. The van der Waals surface area contributed by atoms with E-state index in [1.165, 1.54) is 10.9 Å². The van der Waals surface area contributed by atoms with Crippen LogP contribution < -0.4 is 0 Å². The lowest BCUT2D eigenvalue weighted by atomic mass is 10.2. The molecule has 0 aliphatic rings. The van der Waals surface area contributed by atoms with Gasteiger partial charge in [0.2, 0.25) is 0 Å². The Kier molecular flexibility index (Phi) is 2.63. The number of nitrogens with zero attached hydrogens (tertiary/aromatic N) is 5. The van der Waals surface area contributed by atoms with E-state index in [9.17, 15) is 0 Å². The lowest BCUT2D eigenvalue weighted by Crippen LogP contribution is -1.96. The van der Waals surface area contributed by atoms with Crippen LogP contribution in [0.3, 0.4) is 0 Å². The molecule has 5 heteroatoms. The quantitative estimate of drug-likeness (QED) is 0.641. The standard InChI is InChI=1S/C8H5N5/c9-2-1-8-7(5-11)6-13(12-8)4-3-10/h6H,1,4H2. The van der Waals surface area contributed by atoms with E-state index in [1.807, 2.05) is 18.2 Å². The van der Waals surface area contributed by atoms with Gasteiger partial charge in [-0.25, -0.2) is 0 Å². The molecule has 0 atom stereocenters. The van der Waals surface area contributed by atoms with E-state index in [0.29, 0.717) is 11.3 Å². The van der Waals surface area contributed by atoms with Crippen molar-refractivity contribution in [3.8, 4) is 18.2 Å². The SMILES string of the molecule is N#CCc1nn(CC#N)cc1C#N. The molecule has 0 amide bonds. The average Bonchev–Trinajstić information content (AvgIpc) is 2.49. The molecule has 1 heterocycles. The van der Waals surface area contributed by atoms with Crippen LogP contribution in [0.4, 0.5) is 0 Å². The zero-order valence-electron chi connectivity index (χ0n) is 6.73. The van der Waals surface area contributed by atoms with Gasteiger partial charge in [-0.3, -0.25) is 4.68 Å². The van der Waals surface area contributed by atoms with Gasteiger partial charge in [0.25, 0.3) is 0 Å².